The summed E-state index contributed by atoms with van der Waals surface area (Å²) in [5.74, 6) is 1.30. The van der Waals surface area contributed by atoms with E-state index in [4.69, 9.17) is 21.1 Å². The average Bonchev–Trinajstić information content (AvgIpc) is 3.12. The Morgan fingerprint density at radius 2 is 1.70 bits per heavy atom. The van der Waals surface area contributed by atoms with Crippen molar-refractivity contribution in [3.05, 3.63) is 76.1 Å². The van der Waals surface area contributed by atoms with E-state index in [1.807, 2.05) is 55.5 Å². The molecule has 158 valence electrons. The fraction of sp³-hybridized carbons (Fsp3) is 0.304. The van der Waals surface area contributed by atoms with E-state index in [0.717, 1.165) is 16.8 Å². The van der Waals surface area contributed by atoms with Gasteiger partial charge in [-0.05, 0) is 54.8 Å². The highest BCUT2D eigenvalue weighted by Crippen LogP contribution is 2.27. The van der Waals surface area contributed by atoms with Crippen LogP contribution in [0.3, 0.4) is 0 Å². The molecule has 3 aromatic rings. The number of aryl methyl sites for hydroxylation is 1. The minimum atomic E-state index is -0.0648. The van der Waals surface area contributed by atoms with Gasteiger partial charge in [0.25, 0.3) is 5.91 Å². The van der Waals surface area contributed by atoms with Crippen LogP contribution in [0.25, 0.3) is 0 Å². The Kier molecular flexibility index (Phi) is 7.00. The maximum Gasteiger partial charge on any atom is 0.271 e. The first-order valence-corrected chi connectivity index (χ1v) is 10.0. The lowest BCUT2D eigenvalue weighted by Gasteiger charge is -2.18. The van der Waals surface area contributed by atoms with Crippen molar-refractivity contribution in [1.29, 1.82) is 0 Å². The summed E-state index contributed by atoms with van der Waals surface area (Å²) < 4.78 is 12.4. The van der Waals surface area contributed by atoms with E-state index in [9.17, 15) is 4.79 Å². The van der Waals surface area contributed by atoms with Gasteiger partial charge in [0.1, 0.15) is 5.69 Å². The zero-order valence-corrected chi connectivity index (χ0v) is 18.4. The van der Waals surface area contributed by atoms with Crippen LogP contribution in [0.1, 0.15) is 27.3 Å². The van der Waals surface area contributed by atoms with E-state index in [1.54, 1.807) is 30.8 Å². The topological polar surface area (TPSA) is 56.6 Å². The molecule has 0 bridgehead atoms. The van der Waals surface area contributed by atoms with E-state index in [0.29, 0.717) is 41.7 Å². The largest absolute Gasteiger partial charge is 0.493 e. The Morgan fingerprint density at radius 1 is 1.03 bits per heavy atom. The van der Waals surface area contributed by atoms with Crippen LogP contribution >= 0.6 is 11.6 Å². The number of rotatable bonds is 8. The number of carbonyl (C=O) groups excluding carboxylic acids is 1. The number of hydrogen-bond donors (Lipinski definition) is 0. The molecule has 30 heavy (non-hydrogen) atoms. The van der Waals surface area contributed by atoms with Crippen molar-refractivity contribution in [1.82, 2.24) is 14.7 Å². The van der Waals surface area contributed by atoms with Crippen LogP contribution in [0.2, 0.25) is 5.02 Å². The maximum atomic E-state index is 13.1. The number of benzene rings is 2. The number of amides is 1. The molecule has 0 aliphatic carbocycles. The van der Waals surface area contributed by atoms with Crippen molar-refractivity contribution in [3.8, 4) is 11.5 Å². The highest BCUT2D eigenvalue weighted by Gasteiger charge is 2.18. The number of nitrogens with zero attached hydrogens (tertiary/aromatic N) is 3. The molecule has 0 N–H and O–H groups in total. The molecule has 0 radical (unpaired) electrons. The second-order valence-electron chi connectivity index (χ2n) is 7.12. The van der Waals surface area contributed by atoms with Gasteiger partial charge in [0.2, 0.25) is 0 Å². The Balaban J connectivity index is 1.69. The average molecular weight is 428 g/mol. The van der Waals surface area contributed by atoms with Crippen molar-refractivity contribution < 1.29 is 14.3 Å². The first-order valence-electron chi connectivity index (χ1n) is 9.66. The lowest BCUT2D eigenvalue weighted by Crippen LogP contribution is -2.31. The molecule has 3 rings (SSSR count). The minimum absolute atomic E-state index is 0.0648. The summed E-state index contributed by atoms with van der Waals surface area (Å²) in [5, 5.41) is 5.18. The molecule has 1 amide bonds. The van der Waals surface area contributed by atoms with E-state index in [-0.39, 0.29) is 5.91 Å². The van der Waals surface area contributed by atoms with Gasteiger partial charge < -0.3 is 14.4 Å². The van der Waals surface area contributed by atoms with Crippen LogP contribution in [-0.4, -0.2) is 48.4 Å². The summed E-state index contributed by atoms with van der Waals surface area (Å²) in [4.78, 5) is 14.8. The summed E-state index contributed by atoms with van der Waals surface area (Å²) in [6.45, 7) is 2.97. The van der Waals surface area contributed by atoms with Crippen molar-refractivity contribution in [2.75, 3.05) is 27.8 Å². The third kappa shape index (κ3) is 5.13. The quantitative estimate of drug-likeness (QED) is 0.540. The smallest absolute Gasteiger partial charge is 0.271 e. The van der Waals surface area contributed by atoms with Gasteiger partial charge in [0, 0.05) is 18.6 Å². The number of aromatic nitrogens is 2. The monoisotopic (exact) mass is 427 g/mol. The third-order valence-corrected chi connectivity index (χ3v) is 5.15. The van der Waals surface area contributed by atoms with Gasteiger partial charge in [-0.2, -0.15) is 5.10 Å². The first-order chi connectivity index (χ1) is 14.4. The molecule has 0 fully saturated rings. The van der Waals surface area contributed by atoms with E-state index in [2.05, 4.69) is 5.10 Å². The number of likely N-dealkylation sites (N-methyl/N-ethyl adjacent to an activating group) is 1. The summed E-state index contributed by atoms with van der Waals surface area (Å²) in [6.07, 6.45) is 0.701. The normalized spacial score (nSPS) is 10.7. The summed E-state index contributed by atoms with van der Waals surface area (Å²) in [7, 11) is 5.03. The predicted octanol–water partition coefficient (Wildman–Crippen LogP) is 4.23. The van der Waals surface area contributed by atoms with Crippen LogP contribution in [0.15, 0.2) is 48.5 Å². The number of halogens is 1. The molecular formula is C23H26ClN3O3. The van der Waals surface area contributed by atoms with Crippen LogP contribution in [0, 0.1) is 6.92 Å². The van der Waals surface area contributed by atoms with Crippen LogP contribution in [-0.2, 0) is 13.0 Å². The molecule has 0 unspecified atom stereocenters. The third-order valence-electron chi connectivity index (χ3n) is 4.90. The highest BCUT2D eigenvalue weighted by molar-refractivity contribution is 6.30. The number of ether oxygens (including phenoxy) is 2. The Bertz CT molecular complexity index is 1020. The molecule has 2 aromatic carbocycles. The van der Waals surface area contributed by atoms with Gasteiger partial charge in [-0.25, -0.2) is 0 Å². The number of hydrogen-bond acceptors (Lipinski definition) is 4. The van der Waals surface area contributed by atoms with Gasteiger partial charge in [-0.3, -0.25) is 9.48 Å². The Morgan fingerprint density at radius 3 is 2.37 bits per heavy atom. The maximum absolute atomic E-state index is 13.1. The standard InChI is InChI=1S/C23H26ClN3O3/c1-16-13-20(27(25-16)15-18-5-8-19(24)9-6-18)23(28)26(2)12-11-17-7-10-21(29-3)22(14-17)30-4/h5-10,13-14H,11-12,15H2,1-4H3. The van der Waals surface area contributed by atoms with Crippen molar-refractivity contribution in [3.63, 3.8) is 0 Å². The molecule has 0 atom stereocenters. The minimum Gasteiger partial charge on any atom is -0.493 e. The fourth-order valence-corrected chi connectivity index (χ4v) is 3.36. The predicted molar refractivity (Wildman–Crippen MR) is 118 cm³/mol. The van der Waals surface area contributed by atoms with Crippen LogP contribution in [0.5, 0.6) is 11.5 Å². The second kappa shape index (κ2) is 9.67. The van der Waals surface area contributed by atoms with Gasteiger partial charge >= 0.3 is 0 Å². The molecule has 0 saturated carbocycles. The molecule has 0 spiro atoms. The van der Waals surface area contributed by atoms with Crippen molar-refractivity contribution >= 4 is 17.5 Å². The zero-order valence-electron chi connectivity index (χ0n) is 17.7. The van der Waals surface area contributed by atoms with Gasteiger partial charge in [0.15, 0.2) is 11.5 Å². The first kappa shape index (κ1) is 21.7. The Labute approximate surface area is 182 Å². The van der Waals surface area contributed by atoms with Crippen LogP contribution < -0.4 is 9.47 Å². The van der Waals surface area contributed by atoms with E-state index in [1.165, 1.54) is 0 Å². The molecule has 7 heteroatoms. The van der Waals surface area contributed by atoms with E-state index < -0.39 is 0 Å². The fourth-order valence-electron chi connectivity index (χ4n) is 3.23. The number of carbonyl (C=O) groups is 1. The summed E-state index contributed by atoms with van der Waals surface area (Å²) >= 11 is 5.97. The van der Waals surface area contributed by atoms with E-state index >= 15 is 0 Å². The molecule has 0 aliphatic heterocycles. The molecule has 0 saturated heterocycles. The van der Waals surface area contributed by atoms with Gasteiger partial charge in [-0.15, -0.1) is 0 Å². The molecular weight excluding hydrogens is 402 g/mol. The highest BCUT2D eigenvalue weighted by atomic mass is 35.5. The van der Waals surface area contributed by atoms with Crippen LogP contribution in [0.4, 0.5) is 0 Å². The lowest BCUT2D eigenvalue weighted by atomic mass is 10.1. The van der Waals surface area contributed by atoms with Gasteiger partial charge in [-0.1, -0.05) is 29.8 Å². The lowest BCUT2D eigenvalue weighted by molar-refractivity contribution is 0.0785. The summed E-state index contributed by atoms with van der Waals surface area (Å²) in [6, 6.07) is 15.2. The molecule has 1 heterocycles. The molecule has 0 aliphatic rings. The molecule has 6 nitrogen and oxygen atoms in total. The van der Waals surface area contributed by atoms with Gasteiger partial charge in [0.05, 0.1) is 26.5 Å². The second-order valence-corrected chi connectivity index (χ2v) is 7.56. The zero-order chi connectivity index (χ0) is 21.7. The Hall–Kier alpha value is -2.99. The summed E-state index contributed by atoms with van der Waals surface area (Å²) in [5.41, 5.74) is 3.47. The van der Waals surface area contributed by atoms with Crippen molar-refractivity contribution in [2.24, 2.45) is 0 Å². The van der Waals surface area contributed by atoms with Crippen molar-refractivity contribution in [2.45, 2.75) is 19.9 Å². The SMILES string of the molecule is COc1ccc(CCN(C)C(=O)c2cc(C)nn2Cc2ccc(Cl)cc2)cc1OC. The molecule has 1 aromatic heterocycles. The number of methoxy groups -OCH3 is 2.